The third-order valence-electron chi connectivity index (χ3n) is 5.04. The Balaban J connectivity index is 2.06. The van der Waals surface area contributed by atoms with E-state index in [-0.39, 0.29) is 5.92 Å². The molecule has 1 aliphatic rings. The monoisotopic (exact) mass is 339 g/mol. The van der Waals surface area contributed by atoms with Crippen molar-refractivity contribution in [3.05, 3.63) is 64.7 Å². The van der Waals surface area contributed by atoms with E-state index in [1.165, 1.54) is 22.3 Å². The van der Waals surface area contributed by atoms with Crippen LogP contribution in [0.25, 0.3) is 0 Å². The molecule has 0 fully saturated rings. The van der Waals surface area contributed by atoms with E-state index in [1.807, 2.05) is 19.1 Å². The van der Waals surface area contributed by atoms with Gasteiger partial charge in [-0.1, -0.05) is 37.3 Å². The fourth-order valence-electron chi connectivity index (χ4n) is 3.81. The molecular weight excluding hydrogens is 314 g/mol. The van der Waals surface area contributed by atoms with Crippen molar-refractivity contribution in [3.8, 4) is 5.75 Å². The molecule has 0 amide bonds. The van der Waals surface area contributed by atoms with Gasteiger partial charge in [0.05, 0.1) is 7.11 Å². The standard InChI is InChI=1S/C21H25NO3/c1-3-22-20(21(23)24)13-19-17-7-5-4-6-14(17)8-9-15-12-16(25-2)10-11-18(15)19/h4-7,10-12,19-20,22H,3,8-9,13H2,1-2H3,(H,23,24). The first-order valence-electron chi connectivity index (χ1n) is 8.84. The predicted octanol–water partition coefficient (Wildman–Crippen LogP) is 3.38. The number of carboxylic acids is 1. The molecule has 2 aromatic rings. The van der Waals surface area contributed by atoms with Crippen LogP contribution in [0.3, 0.4) is 0 Å². The highest BCUT2D eigenvalue weighted by Crippen LogP contribution is 2.38. The molecular formula is C21H25NO3. The summed E-state index contributed by atoms with van der Waals surface area (Å²) in [6.07, 6.45) is 2.45. The summed E-state index contributed by atoms with van der Waals surface area (Å²) in [5, 5.41) is 12.7. The molecule has 2 atom stereocenters. The van der Waals surface area contributed by atoms with Crippen molar-refractivity contribution < 1.29 is 14.6 Å². The molecule has 0 spiro atoms. The molecule has 0 aromatic heterocycles. The first-order valence-corrected chi connectivity index (χ1v) is 8.84. The molecule has 0 radical (unpaired) electrons. The Morgan fingerprint density at radius 2 is 1.92 bits per heavy atom. The Kier molecular flexibility index (Phi) is 5.39. The molecule has 4 nitrogen and oxygen atoms in total. The van der Waals surface area contributed by atoms with Crippen molar-refractivity contribution in [2.24, 2.45) is 0 Å². The van der Waals surface area contributed by atoms with Gasteiger partial charge >= 0.3 is 5.97 Å². The van der Waals surface area contributed by atoms with Crippen molar-refractivity contribution in [2.45, 2.75) is 38.1 Å². The molecule has 0 aliphatic heterocycles. The van der Waals surface area contributed by atoms with E-state index in [1.54, 1.807) is 7.11 Å². The highest BCUT2D eigenvalue weighted by molar-refractivity contribution is 5.73. The van der Waals surface area contributed by atoms with E-state index in [9.17, 15) is 9.90 Å². The van der Waals surface area contributed by atoms with Gasteiger partial charge in [0.1, 0.15) is 11.8 Å². The summed E-state index contributed by atoms with van der Waals surface area (Å²) in [5.74, 6) is 0.128. The number of nitrogens with one attached hydrogen (secondary N) is 1. The number of ether oxygens (including phenoxy) is 1. The highest BCUT2D eigenvalue weighted by atomic mass is 16.5. The third-order valence-corrected chi connectivity index (χ3v) is 5.04. The van der Waals surface area contributed by atoms with Crippen LogP contribution in [0.5, 0.6) is 5.75 Å². The van der Waals surface area contributed by atoms with Crippen LogP contribution < -0.4 is 10.1 Å². The second-order valence-corrected chi connectivity index (χ2v) is 6.50. The summed E-state index contributed by atoms with van der Waals surface area (Å²) in [7, 11) is 1.68. The normalized spacial score (nSPS) is 17.1. The molecule has 3 rings (SSSR count). The molecule has 0 heterocycles. The van der Waals surface area contributed by atoms with E-state index in [0.29, 0.717) is 13.0 Å². The van der Waals surface area contributed by atoms with E-state index < -0.39 is 12.0 Å². The first kappa shape index (κ1) is 17.5. The molecule has 1 aliphatic carbocycles. The minimum absolute atomic E-state index is 0.0692. The lowest BCUT2D eigenvalue weighted by atomic mass is 9.83. The first-order chi connectivity index (χ1) is 12.1. The summed E-state index contributed by atoms with van der Waals surface area (Å²) >= 11 is 0. The van der Waals surface area contributed by atoms with Gasteiger partial charge in [-0.3, -0.25) is 4.79 Å². The SMILES string of the molecule is CCNC(CC1c2ccccc2CCc2cc(OC)ccc21)C(=O)O. The molecule has 2 aromatic carbocycles. The predicted molar refractivity (Wildman–Crippen MR) is 98.4 cm³/mol. The quantitative estimate of drug-likeness (QED) is 0.847. The second kappa shape index (κ2) is 7.70. The van der Waals surface area contributed by atoms with E-state index >= 15 is 0 Å². The zero-order valence-electron chi connectivity index (χ0n) is 14.8. The number of methoxy groups -OCH3 is 1. The summed E-state index contributed by atoms with van der Waals surface area (Å²) in [5.41, 5.74) is 5.02. The van der Waals surface area contributed by atoms with E-state index in [0.717, 1.165) is 18.6 Å². The molecule has 2 N–H and O–H groups in total. The fourth-order valence-corrected chi connectivity index (χ4v) is 3.81. The van der Waals surface area contributed by atoms with Gasteiger partial charge in [0.2, 0.25) is 0 Å². The van der Waals surface area contributed by atoms with E-state index in [4.69, 9.17) is 4.74 Å². The number of fused-ring (bicyclic) bond motifs is 2. The number of rotatable bonds is 6. The lowest BCUT2D eigenvalue weighted by molar-refractivity contribution is -0.139. The Morgan fingerprint density at radius 1 is 1.20 bits per heavy atom. The number of hydrogen-bond donors (Lipinski definition) is 2. The van der Waals surface area contributed by atoms with Gasteiger partial charge in [-0.05, 0) is 60.2 Å². The largest absolute Gasteiger partial charge is 0.497 e. The topological polar surface area (TPSA) is 58.6 Å². The van der Waals surface area contributed by atoms with Gasteiger partial charge in [0.15, 0.2) is 0 Å². The van der Waals surface area contributed by atoms with Crippen LogP contribution in [0, 0.1) is 0 Å². The zero-order valence-corrected chi connectivity index (χ0v) is 14.8. The summed E-state index contributed by atoms with van der Waals surface area (Å²) in [6.45, 7) is 2.58. The molecule has 4 heteroatoms. The maximum Gasteiger partial charge on any atom is 0.320 e. The van der Waals surface area contributed by atoms with Gasteiger partial charge in [-0.2, -0.15) is 0 Å². The average Bonchev–Trinajstić information content (AvgIpc) is 2.78. The van der Waals surface area contributed by atoms with Crippen LogP contribution in [-0.4, -0.2) is 30.8 Å². The maximum atomic E-state index is 11.7. The summed E-state index contributed by atoms with van der Waals surface area (Å²) < 4.78 is 5.38. The number of carboxylic acid groups (broad SMARTS) is 1. The van der Waals surface area contributed by atoms with Gasteiger partial charge in [-0.15, -0.1) is 0 Å². The lowest BCUT2D eigenvalue weighted by Gasteiger charge is -2.24. The average molecular weight is 339 g/mol. The number of aryl methyl sites for hydroxylation is 2. The number of likely N-dealkylation sites (N-methyl/N-ethyl adjacent to an activating group) is 1. The summed E-state index contributed by atoms with van der Waals surface area (Å²) in [6, 6.07) is 14.0. The van der Waals surface area contributed by atoms with Gasteiger partial charge in [0, 0.05) is 5.92 Å². The molecule has 132 valence electrons. The third kappa shape index (κ3) is 3.69. The minimum Gasteiger partial charge on any atom is -0.497 e. The van der Waals surface area contributed by atoms with Crippen LogP contribution in [0.1, 0.15) is 41.5 Å². The maximum absolute atomic E-state index is 11.7. The van der Waals surface area contributed by atoms with Crippen LogP contribution in [0.2, 0.25) is 0 Å². The van der Waals surface area contributed by atoms with Gasteiger partial charge in [0.25, 0.3) is 0 Å². The number of hydrogen-bond acceptors (Lipinski definition) is 3. The molecule has 0 saturated carbocycles. The van der Waals surface area contributed by atoms with Crippen LogP contribution >= 0.6 is 0 Å². The molecule has 2 unspecified atom stereocenters. The molecule has 0 bridgehead atoms. The van der Waals surface area contributed by atoms with Crippen LogP contribution in [-0.2, 0) is 17.6 Å². The Labute approximate surface area is 148 Å². The van der Waals surface area contributed by atoms with Crippen molar-refractivity contribution in [3.63, 3.8) is 0 Å². The lowest BCUT2D eigenvalue weighted by Crippen LogP contribution is -2.38. The smallest absolute Gasteiger partial charge is 0.320 e. The Morgan fingerprint density at radius 3 is 2.64 bits per heavy atom. The number of benzene rings is 2. The van der Waals surface area contributed by atoms with Gasteiger partial charge in [-0.25, -0.2) is 0 Å². The van der Waals surface area contributed by atoms with Crippen molar-refractivity contribution >= 4 is 5.97 Å². The number of carbonyl (C=O) groups is 1. The number of aliphatic carboxylic acids is 1. The summed E-state index contributed by atoms with van der Waals surface area (Å²) in [4.78, 5) is 11.7. The van der Waals surface area contributed by atoms with E-state index in [2.05, 4.69) is 35.6 Å². The molecule has 25 heavy (non-hydrogen) atoms. The minimum atomic E-state index is -0.793. The van der Waals surface area contributed by atoms with Crippen LogP contribution in [0.4, 0.5) is 0 Å². The zero-order chi connectivity index (χ0) is 17.8. The van der Waals surface area contributed by atoms with Crippen LogP contribution in [0.15, 0.2) is 42.5 Å². The van der Waals surface area contributed by atoms with Crippen molar-refractivity contribution in [2.75, 3.05) is 13.7 Å². The van der Waals surface area contributed by atoms with Crippen molar-refractivity contribution in [1.29, 1.82) is 0 Å². The van der Waals surface area contributed by atoms with Crippen molar-refractivity contribution in [1.82, 2.24) is 5.32 Å². The molecule has 0 saturated heterocycles. The van der Waals surface area contributed by atoms with Gasteiger partial charge < -0.3 is 15.2 Å². The Bertz CT molecular complexity index is 757. The Hall–Kier alpha value is -2.33. The highest BCUT2D eigenvalue weighted by Gasteiger charge is 2.29. The fraction of sp³-hybridized carbons (Fsp3) is 0.381. The second-order valence-electron chi connectivity index (χ2n) is 6.50.